The number of nitrogens with zero attached hydrogens (tertiary/aromatic N) is 3. The van der Waals surface area contributed by atoms with E-state index in [9.17, 15) is 4.79 Å². The number of aromatic nitrogens is 2. The van der Waals surface area contributed by atoms with Crippen LogP contribution >= 0.6 is 0 Å². The Balaban J connectivity index is 1.59. The molecule has 6 heteroatoms. The molecule has 0 N–H and O–H groups in total. The molecule has 0 atom stereocenters. The van der Waals surface area contributed by atoms with E-state index in [2.05, 4.69) is 9.97 Å². The molecule has 1 saturated carbocycles. The fraction of sp³-hybridized carbons (Fsp3) is 0.421. The Labute approximate surface area is 146 Å². The summed E-state index contributed by atoms with van der Waals surface area (Å²) in [6.45, 7) is 1.67. The van der Waals surface area contributed by atoms with E-state index in [-0.39, 0.29) is 11.9 Å². The highest BCUT2D eigenvalue weighted by atomic mass is 16.6. The number of carbonyl (C=O) groups excluding carboxylic acids is 1. The number of hydrogen-bond donors (Lipinski definition) is 0. The monoisotopic (exact) mass is 339 g/mol. The van der Waals surface area contributed by atoms with Crippen molar-refractivity contribution in [1.82, 2.24) is 14.9 Å². The first kappa shape index (κ1) is 15.9. The second-order valence-corrected chi connectivity index (χ2v) is 6.44. The van der Waals surface area contributed by atoms with Crippen molar-refractivity contribution in [3.05, 3.63) is 48.0 Å². The fourth-order valence-electron chi connectivity index (χ4n) is 3.52. The first-order valence-corrected chi connectivity index (χ1v) is 8.77. The molecule has 2 aliphatic rings. The quantitative estimate of drug-likeness (QED) is 0.857. The highest BCUT2D eigenvalue weighted by molar-refractivity contribution is 5.92. The lowest BCUT2D eigenvalue weighted by Gasteiger charge is -2.29. The van der Waals surface area contributed by atoms with Gasteiger partial charge in [0, 0.05) is 25.0 Å². The second kappa shape index (κ2) is 7.09. The van der Waals surface area contributed by atoms with Crippen molar-refractivity contribution in [2.75, 3.05) is 13.2 Å². The largest absolute Gasteiger partial charge is 0.486 e. The Morgan fingerprint density at radius 3 is 2.68 bits per heavy atom. The van der Waals surface area contributed by atoms with Gasteiger partial charge < -0.3 is 14.4 Å². The van der Waals surface area contributed by atoms with Crippen molar-refractivity contribution in [2.45, 2.75) is 38.3 Å². The van der Waals surface area contributed by atoms with Gasteiger partial charge in [-0.1, -0.05) is 18.9 Å². The van der Waals surface area contributed by atoms with E-state index in [0.29, 0.717) is 25.5 Å². The number of benzene rings is 1. The van der Waals surface area contributed by atoms with Crippen LogP contribution in [0.2, 0.25) is 0 Å². The number of amides is 1. The van der Waals surface area contributed by atoms with Crippen molar-refractivity contribution < 1.29 is 14.3 Å². The molecule has 130 valence electrons. The van der Waals surface area contributed by atoms with Crippen LogP contribution in [0.15, 0.2) is 36.8 Å². The van der Waals surface area contributed by atoms with Gasteiger partial charge in [-0.25, -0.2) is 4.98 Å². The van der Waals surface area contributed by atoms with E-state index in [1.807, 2.05) is 23.1 Å². The summed E-state index contributed by atoms with van der Waals surface area (Å²) in [7, 11) is 0. The summed E-state index contributed by atoms with van der Waals surface area (Å²) in [5.41, 5.74) is 1.43. The summed E-state index contributed by atoms with van der Waals surface area (Å²) in [5, 5.41) is 0. The van der Waals surface area contributed by atoms with Crippen molar-refractivity contribution in [2.24, 2.45) is 0 Å². The average molecular weight is 339 g/mol. The molecule has 1 fully saturated rings. The van der Waals surface area contributed by atoms with Crippen LogP contribution in [-0.2, 0) is 6.54 Å². The van der Waals surface area contributed by atoms with E-state index >= 15 is 0 Å². The highest BCUT2D eigenvalue weighted by Crippen LogP contribution is 2.32. The third-order valence-corrected chi connectivity index (χ3v) is 4.77. The standard InChI is InChI=1S/C19H21N3O3/c23-19(16-12-20-7-8-21-16)22(15-3-1-2-4-15)13-14-5-6-17-18(11-14)25-10-9-24-17/h5-8,11-12,15H,1-4,9-10,13H2. The molecule has 0 saturated heterocycles. The summed E-state index contributed by atoms with van der Waals surface area (Å²) in [5.74, 6) is 1.46. The maximum Gasteiger partial charge on any atom is 0.274 e. The van der Waals surface area contributed by atoms with E-state index in [1.54, 1.807) is 12.4 Å². The molecule has 6 nitrogen and oxygen atoms in total. The smallest absolute Gasteiger partial charge is 0.274 e. The summed E-state index contributed by atoms with van der Waals surface area (Å²) < 4.78 is 11.2. The van der Waals surface area contributed by atoms with Crippen LogP contribution in [0.4, 0.5) is 0 Å². The highest BCUT2D eigenvalue weighted by Gasteiger charge is 2.28. The molecule has 25 heavy (non-hydrogen) atoms. The predicted octanol–water partition coefficient (Wildman–Crippen LogP) is 2.83. The second-order valence-electron chi connectivity index (χ2n) is 6.44. The van der Waals surface area contributed by atoms with Gasteiger partial charge in [0.15, 0.2) is 11.5 Å². The lowest BCUT2D eigenvalue weighted by molar-refractivity contribution is 0.0657. The molecular weight excluding hydrogens is 318 g/mol. The van der Waals surface area contributed by atoms with Gasteiger partial charge in [-0.05, 0) is 30.5 Å². The molecule has 2 aromatic rings. The van der Waals surface area contributed by atoms with Crippen LogP contribution in [0.5, 0.6) is 11.5 Å². The first-order chi connectivity index (χ1) is 12.3. The summed E-state index contributed by atoms with van der Waals surface area (Å²) in [6.07, 6.45) is 9.08. The SMILES string of the molecule is O=C(c1cnccn1)N(Cc1ccc2c(c1)OCCO2)C1CCCC1. The zero-order valence-electron chi connectivity index (χ0n) is 14.1. The van der Waals surface area contributed by atoms with Gasteiger partial charge in [0.25, 0.3) is 5.91 Å². The van der Waals surface area contributed by atoms with Crippen LogP contribution < -0.4 is 9.47 Å². The van der Waals surface area contributed by atoms with Crippen LogP contribution in [0.1, 0.15) is 41.7 Å². The molecule has 1 aliphatic heterocycles. The number of fused-ring (bicyclic) bond motifs is 1. The van der Waals surface area contributed by atoms with Crippen LogP contribution in [0, 0.1) is 0 Å². The van der Waals surface area contributed by atoms with Gasteiger partial charge in [0.05, 0.1) is 6.20 Å². The topological polar surface area (TPSA) is 64.6 Å². The minimum atomic E-state index is -0.0603. The molecule has 0 spiro atoms. The Bertz CT molecular complexity index is 745. The van der Waals surface area contributed by atoms with E-state index in [0.717, 1.165) is 42.7 Å². The molecule has 4 rings (SSSR count). The van der Waals surface area contributed by atoms with E-state index in [4.69, 9.17) is 9.47 Å². The van der Waals surface area contributed by atoms with Gasteiger partial charge in [0.1, 0.15) is 18.9 Å². The van der Waals surface area contributed by atoms with Crippen LogP contribution in [-0.4, -0.2) is 40.0 Å². The zero-order valence-corrected chi connectivity index (χ0v) is 14.1. The summed E-state index contributed by atoms with van der Waals surface area (Å²) in [6, 6.07) is 6.14. The third-order valence-electron chi connectivity index (χ3n) is 4.77. The first-order valence-electron chi connectivity index (χ1n) is 8.77. The fourth-order valence-corrected chi connectivity index (χ4v) is 3.52. The lowest BCUT2D eigenvalue weighted by Crippen LogP contribution is -2.38. The minimum Gasteiger partial charge on any atom is -0.486 e. The Hall–Kier alpha value is -2.63. The molecule has 1 aromatic carbocycles. The molecule has 1 aromatic heterocycles. The Kier molecular flexibility index (Phi) is 4.50. The Morgan fingerprint density at radius 2 is 1.92 bits per heavy atom. The molecule has 0 radical (unpaired) electrons. The lowest BCUT2D eigenvalue weighted by atomic mass is 10.1. The normalized spacial score (nSPS) is 16.6. The van der Waals surface area contributed by atoms with Gasteiger partial charge in [-0.2, -0.15) is 0 Å². The molecule has 0 bridgehead atoms. The van der Waals surface area contributed by atoms with Crippen LogP contribution in [0.3, 0.4) is 0 Å². The summed E-state index contributed by atoms with van der Waals surface area (Å²) >= 11 is 0. The molecule has 0 unspecified atom stereocenters. The van der Waals surface area contributed by atoms with Crippen molar-refractivity contribution in [3.63, 3.8) is 0 Å². The van der Waals surface area contributed by atoms with E-state index in [1.165, 1.54) is 6.20 Å². The van der Waals surface area contributed by atoms with Gasteiger partial charge >= 0.3 is 0 Å². The molecular formula is C19H21N3O3. The predicted molar refractivity (Wildman–Crippen MR) is 91.6 cm³/mol. The number of hydrogen-bond acceptors (Lipinski definition) is 5. The molecule has 1 aliphatic carbocycles. The Morgan fingerprint density at radius 1 is 1.12 bits per heavy atom. The number of rotatable bonds is 4. The maximum absolute atomic E-state index is 13.0. The minimum absolute atomic E-state index is 0.0603. The van der Waals surface area contributed by atoms with Crippen molar-refractivity contribution in [3.8, 4) is 11.5 Å². The number of carbonyl (C=O) groups is 1. The van der Waals surface area contributed by atoms with Crippen molar-refractivity contribution >= 4 is 5.91 Å². The van der Waals surface area contributed by atoms with Gasteiger partial charge in [-0.3, -0.25) is 9.78 Å². The molecule has 2 heterocycles. The van der Waals surface area contributed by atoms with Crippen LogP contribution in [0.25, 0.3) is 0 Å². The zero-order chi connectivity index (χ0) is 17.1. The van der Waals surface area contributed by atoms with Gasteiger partial charge in [0.2, 0.25) is 0 Å². The third kappa shape index (κ3) is 3.43. The average Bonchev–Trinajstić information content (AvgIpc) is 3.20. The number of ether oxygens (including phenoxy) is 2. The van der Waals surface area contributed by atoms with E-state index < -0.39 is 0 Å². The summed E-state index contributed by atoms with van der Waals surface area (Å²) in [4.78, 5) is 23.1. The molecule has 1 amide bonds. The van der Waals surface area contributed by atoms with Crippen molar-refractivity contribution in [1.29, 1.82) is 0 Å². The van der Waals surface area contributed by atoms with Gasteiger partial charge in [-0.15, -0.1) is 0 Å². The maximum atomic E-state index is 13.0.